The molecular weight excluding hydrogens is 244 g/mol. The van der Waals surface area contributed by atoms with Crippen LogP contribution in [0.2, 0.25) is 0 Å². The van der Waals surface area contributed by atoms with E-state index in [1.807, 2.05) is 36.7 Å². The van der Waals surface area contributed by atoms with Crippen LogP contribution in [0.4, 0.5) is 0 Å². The predicted molar refractivity (Wildman–Crippen MR) is 76.1 cm³/mol. The Bertz CT molecular complexity index is 584. The van der Waals surface area contributed by atoms with Crippen LogP contribution in [-0.2, 0) is 7.05 Å². The van der Waals surface area contributed by atoms with Crippen LogP contribution >= 0.6 is 11.3 Å². The molecule has 0 bridgehead atoms. The second kappa shape index (κ2) is 5.08. The van der Waals surface area contributed by atoms with Gasteiger partial charge in [-0.1, -0.05) is 19.9 Å². The van der Waals surface area contributed by atoms with Crippen molar-refractivity contribution in [2.24, 2.45) is 12.8 Å². The van der Waals surface area contributed by atoms with Crippen LogP contribution in [0.1, 0.15) is 41.9 Å². The van der Waals surface area contributed by atoms with Gasteiger partial charge in [0.15, 0.2) is 0 Å². The van der Waals surface area contributed by atoms with E-state index in [1.54, 1.807) is 15.9 Å². The van der Waals surface area contributed by atoms with Gasteiger partial charge in [0.25, 0.3) is 5.56 Å². The van der Waals surface area contributed by atoms with E-state index in [2.05, 4.69) is 13.8 Å². The summed E-state index contributed by atoms with van der Waals surface area (Å²) >= 11 is 1.58. The molecule has 0 saturated heterocycles. The molecule has 3 nitrogen and oxygen atoms in total. The Morgan fingerprint density at radius 3 is 2.56 bits per heavy atom. The fraction of sp³-hybridized carbons (Fsp3) is 0.357. The molecule has 1 unspecified atom stereocenters. The first-order chi connectivity index (χ1) is 8.52. The van der Waals surface area contributed by atoms with E-state index >= 15 is 0 Å². The fourth-order valence-electron chi connectivity index (χ4n) is 2.11. The van der Waals surface area contributed by atoms with Crippen LogP contribution in [0.15, 0.2) is 34.4 Å². The average molecular weight is 262 g/mol. The number of nitrogens with two attached hydrogens (primary N) is 1. The van der Waals surface area contributed by atoms with Gasteiger partial charge in [-0.3, -0.25) is 4.79 Å². The van der Waals surface area contributed by atoms with Gasteiger partial charge in [-0.15, -0.1) is 11.3 Å². The molecule has 2 heterocycles. The summed E-state index contributed by atoms with van der Waals surface area (Å²) in [7, 11) is 1.81. The molecule has 0 spiro atoms. The molecule has 96 valence electrons. The summed E-state index contributed by atoms with van der Waals surface area (Å²) in [6, 6.07) is 7.44. The summed E-state index contributed by atoms with van der Waals surface area (Å²) in [6.45, 7) is 4.15. The molecule has 1 atom stereocenters. The molecule has 18 heavy (non-hydrogen) atoms. The molecule has 2 N–H and O–H groups in total. The van der Waals surface area contributed by atoms with E-state index in [0.717, 1.165) is 10.6 Å². The third-order valence-corrected chi connectivity index (χ3v) is 4.10. The molecule has 0 aromatic carbocycles. The highest BCUT2D eigenvalue weighted by molar-refractivity contribution is 7.10. The van der Waals surface area contributed by atoms with E-state index in [-0.39, 0.29) is 11.6 Å². The highest BCUT2D eigenvalue weighted by Crippen LogP contribution is 2.22. The van der Waals surface area contributed by atoms with Crippen molar-refractivity contribution in [2.75, 3.05) is 0 Å². The monoisotopic (exact) mass is 262 g/mol. The van der Waals surface area contributed by atoms with Crippen LogP contribution in [-0.4, -0.2) is 4.57 Å². The maximum atomic E-state index is 12.3. The third-order valence-electron chi connectivity index (χ3n) is 3.15. The lowest BCUT2D eigenvalue weighted by molar-refractivity contribution is 0.689. The van der Waals surface area contributed by atoms with E-state index in [9.17, 15) is 4.79 Å². The highest BCUT2D eigenvalue weighted by Gasteiger charge is 2.16. The van der Waals surface area contributed by atoms with Gasteiger partial charge in [-0.05, 0) is 29.5 Å². The number of hydrogen-bond acceptors (Lipinski definition) is 3. The van der Waals surface area contributed by atoms with Gasteiger partial charge in [-0.2, -0.15) is 0 Å². The summed E-state index contributed by atoms with van der Waals surface area (Å²) in [5.74, 6) is 0.328. The van der Waals surface area contributed by atoms with E-state index < -0.39 is 0 Å². The number of pyridine rings is 1. The summed E-state index contributed by atoms with van der Waals surface area (Å²) < 4.78 is 1.70. The summed E-state index contributed by atoms with van der Waals surface area (Å²) in [4.78, 5) is 13.3. The minimum atomic E-state index is -0.329. The van der Waals surface area contributed by atoms with Crippen molar-refractivity contribution in [3.05, 3.63) is 56.1 Å². The summed E-state index contributed by atoms with van der Waals surface area (Å²) in [6.07, 6.45) is 0. The summed E-state index contributed by atoms with van der Waals surface area (Å²) in [5, 5.41) is 1.97. The van der Waals surface area contributed by atoms with Gasteiger partial charge >= 0.3 is 0 Å². The minimum Gasteiger partial charge on any atom is -0.319 e. The number of hydrogen-bond donors (Lipinski definition) is 1. The Balaban J connectivity index is 2.48. The van der Waals surface area contributed by atoms with Crippen LogP contribution in [0.5, 0.6) is 0 Å². The topological polar surface area (TPSA) is 48.0 Å². The molecule has 4 heteroatoms. The first kappa shape index (κ1) is 13.1. The van der Waals surface area contributed by atoms with Crippen molar-refractivity contribution in [1.82, 2.24) is 4.57 Å². The number of aromatic nitrogens is 1. The largest absolute Gasteiger partial charge is 0.319 e. The number of thiophene rings is 1. The molecule has 0 radical (unpaired) electrons. The molecule has 0 aliphatic carbocycles. The lowest BCUT2D eigenvalue weighted by Gasteiger charge is -2.15. The smallest absolute Gasteiger partial charge is 0.255 e. The van der Waals surface area contributed by atoms with E-state index in [1.165, 1.54) is 0 Å². The molecule has 0 aliphatic rings. The third kappa shape index (κ3) is 2.26. The maximum absolute atomic E-state index is 12.3. The van der Waals surface area contributed by atoms with Crippen molar-refractivity contribution < 1.29 is 0 Å². The standard InChI is InChI=1S/C14H18N2OS/c1-9(2)11-7-6-10(14(17)16(11)3)13(15)12-5-4-8-18-12/h4-9,13H,15H2,1-3H3. The Morgan fingerprint density at radius 2 is 2.00 bits per heavy atom. The molecule has 2 aromatic rings. The zero-order chi connectivity index (χ0) is 13.3. The fourth-order valence-corrected chi connectivity index (χ4v) is 2.85. The molecule has 0 amide bonds. The molecule has 0 fully saturated rings. The van der Waals surface area contributed by atoms with Crippen molar-refractivity contribution in [3.8, 4) is 0 Å². The first-order valence-corrected chi connectivity index (χ1v) is 6.89. The van der Waals surface area contributed by atoms with Crippen LogP contribution in [0.3, 0.4) is 0 Å². The lowest BCUT2D eigenvalue weighted by atomic mass is 10.0. The lowest BCUT2D eigenvalue weighted by Crippen LogP contribution is -2.28. The summed E-state index contributed by atoms with van der Waals surface area (Å²) in [5.41, 5.74) is 7.84. The van der Waals surface area contributed by atoms with Gasteiger partial charge in [0.1, 0.15) is 0 Å². The number of nitrogens with zero attached hydrogens (tertiary/aromatic N) is 1. The van der Waals surface area contributed by atoms with Crippen LogP contribution < -0.4 is 11.3 Å². The van der Waals surface area contributed by atoms with Crippen LogP contribution in [0.25, 0.3) is 0 Å². The normalized spacial score (nSPS) is 12.9. The van der Waals surface area contributed by atoms with Gasteiger partial charge < -0.3 is 10.3 Å². The number of rotatable bonds is 3. The Kier molecular flexibility index (Phi) is 3.68. The van der Waals surface area contributed by atoms with Gasteiger partial charge in [0, 0.05) is 23.2 Å². The highest BCUT2D eigenvalue weighted by atomic mass is 32.1. The Hall–Kier alpha value is -1.39. The second-order valence-corrected chi connectivity index (χ2v) is 5.70. The van der Waals surface area contributed by atoms with Crippen LogP contribution in [0, 0.1) is 0 Å². The first-order valence-electron chi connectivity index (χ1n) is 6.01. The zero-order valence-corrected chi connectivity index (χ0v) is 11.7. The Morgan fingerprint density at radius 1 is 1.28 bits per heavy atom. The molecular formula is C14H18N2OS. The zero-order valence-electron chi connectivity index (χ0n) is 10.9. The maximum Gasteiger partial charge on any atom is 0.255 e. The van der Waals surface area contributed by atoms with E-state index in [0.29, 0.717) is 11.5 Å². The average Bonchev–Trinajstić information content (AvgIpc) is 2.85. The molecule has 2 aromatic heterocycles. The minimum absolute atomic E-state index is 0.00194. The predicted octanol–water partition coefficient (Wildman–Crippen LogP) is 2.62. The molecule has 2 rings (SSSR count). The molecule has 0 saturated carbocycles. The van der Waals surface area contributed by atoms with Crippen molar-refractivity contribution in [3.63, 3.8) is 0 Å². The van der Waals surface area contributed by atoms with Gasteiger partial charge in [0.2, 0.25) is 0 Å². The van der Waals surface area contributed by atoms with E-state index in [4.69, 9.17) is 5.73 Å². The van der Waals surface area contributed by atoms with Crippen molar-refractivity contribution in [2.45, 2.75) is 25.8 Å². The van der Waals surface area contributed by atoms with Gasteiger partial charge in [0.05, 0.1) is 6.04 Å². The Labute approximate surface area is 111 Å². The quantitative estimate of drug-likeness (QED) is 0.924. The SMILES string of the molecule is CC(C)c1ccc(C(N)c2cccs2)c(=O)n1C. The second-order valence-electron chi connectivity index (χ2n) is 4.73. The van der Waals surface area contributed by atoms with Crippen molar-refractivity contribution in [1.29, 1.82) is 0 Å². The van der Waals surface area contributed by atoms with Gasteiger partial charge in [-0.25, -0.2) is 0 Å². The van der Waals surface area contributed by atoms with Crippen molar-refractivity contribution >= 4 is 11.3 Å². The molecule has 0 aliphatic heterocycles.